The Morgan fingerprint density at radius 1 is 1.30 bits per heavy atom. The molecule has 1 saturated heterocycles. The fourth-order valence-electron chi connectivity index (χ4n) is 2.57. The molecule has 2 aliphatic rings. The molecule has 0 aliphatic carbocycles. The number of piperidine rings is 1. The maximum Gasteiger partial charge on any atom is 0.376 e. The summed E-state index contributed by atoms with van der Waals surface area (Å²) >= 11 is 0. The van der Waals surface area contributed by atoms with Crippen molar-refractivity contribution >= 4 is 11.6 Å². The molecule has 20 heavy (non-hydrogen) atoms. The van der Waals surface area contributed by atoms with Crippen molar-refractivity contribution < 1.29 is 14.5 Å². The van der Waals surface area contributed by atoms with E-state index in [-0.39, 0.29) is 5.91 Å². The van der Waals surface area contributed by atoms with Crippen LogP contribution in [0.3, 0.4) is 0 Å². The summed E-state index contributed by atoms with van der Waals surface area (Å²) < 4.78 is 5.34. The first-order valence-corrected chi connectivity index (χ1v) is 6.58. The zero-order valence-electron chi connectivity index (χ0n) is 10.8. The molecule has 1 fully saturated rings. The Hall–Kier alpha value is -2.37. The molecule has 1 aromatic rings. The summed E-state index contributed by atoms with van der Waals surface area (Å²) in [5.41, 5.74) is 1.33. The number of likely N-dealkylation sites (tertiary alicyclic amines) is 1. The number of ether oxygens (including phenoxy) is 1. The quantitative estimate of drug-likeness (QED) is 0.611. The number of hydrogen-bond donors (Lipinski definition) is 0. The number of nitro groups is 1. The molecule has 3 rings (SSSR count). The normalized spacial score (nSPS) is 21.8. The Balaban J connectivity index is 2.04. The highest BCUT2D eigenvalue weighted by molar-refractivity contribution is 5.89. The highest BCUT2D eigenvalue weighted by Gasteiger charge is 2.33. The van der Waals surface area contributed by atoms with Crippen molar-refractivity contribution in [3.8, 4) is 5.75 Å². The fraction of sp³-hybridized carbons (Fsp3) is 0.357. The maximum atomic E-state index is 12.1. The number of carbonyl (C=O) groups excluding carboxylic acids is 1. The first-order valence-electron chi connectivity index (χ1n) is 6.58. The fourth-order valence-corrected chi connectivity index (χ4v) is 2.57. The Bertz CT molecular complexity index is 597. The number of benzene rings is 1. The van der Waals surface area contributed by atoms with Crippen LogP contribution in [-0.2, 0) is 4.79 Å². The second-order valence-corrected chi connectivity index (χ2v) is 4.84. The van der Waals surface area contributed by atoms with Gasteiger partial charge in [0.25, 0.3) is 0 Å². The Labute approximate surface area is 115 Å². The van der Waals surface area contributed by atoms with Crippen molar-refractivity contribution in [2.24, 2.45) is 0 Å². The second kappa shape index (κ2) is 4.96. The summed E-state index contributed by atoms with van der Waals surface area (Å²) in [6.07, 6.45) is 2.46. The van der Waals surface area contributed by atoms with Crippen LogP contribution in [0.1, 0.15) is 24.8 Å². The number of rotatable bonds is 2. The third kappa shape index (κ3) is 2.13. The molecule has 0 N–H and O–H groups in total. The maximum absolute atomic E-state index is 12.1. The summed E-state index contributed by atoms with van der Waals surface area (Å²) in [6.45, 7) is 0.601. The molecule has 1 amide bonds. The molecule has 1 aromatic carbocycles. The van der Waals surface area contributed by atoms with Crippen LogP contribution in [0.4, 0.5) is 0 Å². The Morgan fingerprint density at radius 3 is 2.85 bits per heavy atom. The molecule has 0 radical (unpaired) electrons. The summed E-state index contributed by atoms with van der Waals surface area (Å²) in [4.78, 5) is 24.2. The molecule has 0 bridgehead atoms. The van der Waals surface area contributed by atoms with Gasteiger partial charge in [-0.25, -0.2) is 0 Å². The minimum absolute atomic E-state index is 0.0151. The van der Waals surface area contributed by atoms with Crippen molar-refractivity contribution in [2.75, 3.05) is 6.54 Å². The lowest BCUT2D eigenvalue weighted by atomic mass is 10.0. The SMILES string of the molecule is O=C1CCCCN1C1=CC([N+](=O)[O-])Oc2ccccc21. The molecule has 6 heteroatoms. The standard InChI is InChI=1S/C14H14N2O4/c17-13-7-3-4-8-15(13)11-9-14(16(18)19)20-12-6-2-1-5-10(11)12/h1-2,5-6,9,14H,3-4,7-8H2. The first kappa shape index (κ1) is 12.7. The molecule has 0 saturated carbocycles. The van der Waals surface area contributed by atoms with Crippen molar-refractivity contribution in [2.45, 2.75) is 25.5 Å². The number of carbonyl (C=O) groups is 1. The zero-order chi connectivity index (χ0) is 14.1. The molecule has 1 unspecified atom stereocenters. The summed E-state index contributed by atoms with van der Waals surface area (Å²) in [5.74, 6) is 0.464. The van der Waals surface area contributed by atoms with Crippen LogP contribution in [0.25, 0.3) is 5.70 Å². The summed E-state index contributed by atoms with van der Waals surface area (Å²) in [7, 11) is 0. The van der Waals surface area contributed by atoms with E-state index < -0.39 is 11.2 Å². The monoisotopic (exact) mass is 274 g/mol. The van der Waals surface area contributed by atoms with Crippen LogP contribution < -0.4 is 4.74 Å². The van der Waals surface area contributed by atoms with E-state index in [9.17, 15) is 14.9 Å². The van der Waals surface area contributed by atoms with Crippen LogP contribution in [-0.4, -0.2) is 28.5 Å². The van der Waals surface area contributed by atoms with E-state index in [0.717, 1.165) is 18.4 Å². The summed E-state index contributed by atoms with van der Waals surface area (Å²) in [5, 5.41) is 11.0. The van der Waals surface area contributed by atoms with Gasteiger partial charge in [-0.05, 0) is 25.0 Å². The molecule has 0 aromatic heterocycles. The highest BCUT2D eigenvalue weighted by Crippen LogP contribution is 2.35. The lowest BCUT2D eigenvalue weighted by Gasteiger charge is -2.32. The first-order chi connectivity index (χ1) is 9.66. The number of fused-ring (bicyclic) bond motifs is 1. The van der Waals surface area contributed by atoms with Crippen molar-refractivity contribution in [1.29, 1.82) is 0 Å². The summed E-state index contributed by atoms with van der Waals surface area (Å²) in [6, 6.07) is 7.10. The molecule has 2 heterocycles. The van der Waals surface area contributed by atoms with Gasteiger partial charge < -0.3 is 9.64 Å². The van der Waals surface area contributed by atoms with Gasteiger partial charge in [-0.1, -0.05) is 12.1 Å². The largest absolute Gasteiger partial charge is 0.426 e. The number of nitrogens with zero attached hydrogens (tertiary/aromatic N) is 2. The van der Waals surface area contributed by atoms with E-state index in [1.165, 1.54) is 6.08 Å². The molecule has 0 spiro atoms. The highest BCUT2D eigenvalue weighted by atomic mass is 16.7. The van der Waals surface area contributed by atoms with Gasteiger partial charge in [0.15, 0.2) is 0 Å². The van der Waals surface area contributed by atoms with E-state index >= 15 is 0 Å². The lowest BCUT2D eigenvalue weighted by Crippen LogP contribution is -2.37. The smallest absolute Gasteiger partial charge is 0.376 e. The topological polar surface area (TPSA) is 72.7 Å². The van der Waals surface area contributed by atoms with Gasteiger partial charge in [0.1, 0.15) is 5.75 Å². The van der Waals surface area contributed by atoms with E-state index in [2.05, 4.69) is 0 Å². The Morgan fingerprint density at radius 2 is 2.10 bits per heavy atom. The van der Waals surface area contributed by atoms with Crippen molar-refractivity contribution in [3.05, 3.63) is 46.0 Å². The van der Waals surface area contributed by atoms with Gasteiger partial charge in [-0.3, -0.25) is 14.9 Å². The molecule has 104 valence electrons. The second-order valence-electron chi connectivity index (χ2n) is 4.84. The molecule has 2 aliphatic heterocycles. The lowest BCUT2D eigenvalue weighted by molar-refractivity contribution is -0.548. The molecule has 1 atom stereocenters. The minimum atomic E-state index is -1.24. The average molecular weight is 274 g/mol. The van der Waals surface area contributed by atoms with Crippen LogP contribution in [0.2, 0.25) is 0 Å². The van der Waals surface area contributed by atoms with Crippen LogP contribution in [0.5, 0.6) is 5.75 Å². The molecular formula is C14H14N2O4. The van der Waals surface area contributed by atoms with Gasteiger partial charge in [-0.2, -0.15) is 0 Å². The Kier molecular flexibility index (Phi) is 3.14. The number of amides is 1. The minimum Gasteiger partial charge on any atom is -0.426 e. The van der Waals surface area contributed by atoms with Gasteiger partial charge >= 0.3 is 6.23 Å². The number of para-hydroxylation sites is 1. The number of hydrogen-bond acceptors (Lipinski definition) is 4. The van der Waals surface area contributed by atoms with Gasteiger partial charge in [0.05, 0.1) is 16.7 Å². The average Bonchev–Trinajstić information content (AvgIpc) is 2.46. The molecule has 6 nitrogen and oxygen atoms in total. The van der Waals surface area contributed by atoms with Crippen molar-refractivity contribution in [3.63, 3.8) is 0 Å². The van der Waals surface area contributed by atoms with Crippen LogP contribution >= 0.6 is 0 Å². The van der Waals surface area contributed by atoms with E-state index in [1.54, 1.807) is 17.0 Å². The van der Waals surface area contributed by atoms with Crippen LogP contribution in [0, 0.1) is 10.1 Å². The van der Waals surface area contributed by atoms with Crippen molar-refractivity contribution in [1.82, 2.24) is 4.90 Å². The van der Waals surface area contributed by atoms with Gasteiger partial charge in [0.2, 0.25) is 5.91 Å². The van der Waals surface area contributed by atoms with E-state index in [4.69, 9.17) is 4.74 Å². The van der Waals surface area contributed by atoms with E-state index in [1.807, 2.05) is 12.1 Å². The van der Waals surface area contributed by atoms with Gasteiger partial charge in [0, 0.05) is 18.5 Å². The third-order valence-electron chi connectivity index (χ3n) is 3.53. The van der Waals surface area contributed by atoms with Gasteiger partial charge in [-0.15, -0.1) is 0 Å². The predicted molar refractivity (Wildman–Crippen MR) is 71.4 cm³/mol. The third-order valence-corrected chi connectivity index (χ3v) is 3.53. The zero-order valence-corrected chi connectivity index (χ0v) is 10.8. The predicted octanol–water partition coefficient (Wildman–Crippen LogP) is 2.04. The molecular weight excluding hydrogens is 260 g/mol. The van der Waals surface area contributed by atoms with E-state index in [0.29, 0.717) is 24.4 Å². The van der Waals surface area contributed by atoms with Crippen LogP contribution in [0.15, 0.2) is 30.3 Å².